The minimum atomic E-state index is -0.109. The van der Waals surface area contributed by atoms with E-state index in [1.807, 2.05) is 0 Å². The monoisotopic (exact) mass is 240 g/mol. The van der Waals surface area contributed by atoms with Crippen LogP contribution < -0.4 is 0 Å². The van der Waals surface area contributed by atoms with Crippen LogP contribution in [-0.2, 0) is 4.74 Å². The summed E-state index contributed by atoms with van der Waals surface area (Å²) in [7, 11) is 0. The third kappa shape index (κ3) is 2.53. The van der Waals surface area contributed by atoms with E-state index < -0.39 is 0 Å². The highest BCUT2D eigenvalue weighted by Crippen LogP contribution is 2.35. The lowest BCUT2D eigenvalue weighted by Crippen LogP contribution is -2.48. The number of piperidine rings is 1. The lowest BCUT2D eigenvalue weighted by molar-refractivity contribution is 0.0258. The average Bonchev–Trinajstić information content (AvgIpc) is 2.40. The van der Waals surface area contributed by atoms with E-state index in [1.165, 1.54) is 12.8 Å². The molecule has 0 atom stereocenters. The van der Waals surface area contributed by atoms with E-state index in [2.05, 4.69) is 17.2 Å². The van der Waals surface area contributed by atoms with Gasteiger partial charge in [-0.25, -0.2) is 0 Å². The molecule has 0 aromatic carbocycles. The molecule has 16 heavy (non-hydrogen) atoms. The topological polar surface area (TPSA) is 36.3 Å². The summed E-state index contributed by atoms with van der Waals surface area (Å²) in [6.45, 7) is 3.98. The van der Waals surface area contributed by atoms with Crippen molar-refractivity contribution in [3.63, 3.8) is 0 Å². The van der Waals surface area contributed by atoms with Crippen LogP contribution in [0.25, 0.3) is 0 Å². The van der Waals surface area contributed by atoms with Crippen molar-refractivity contribution in [2.24, 2.45) is 0 Å². The smallest absolute Gasteiger partial charge is 0.104 e. The van der Waals surface area contributed by atoms with Gasteiger partial charge in [-0.15, -0.1) is 11.8 Å². The van der Waals surface area contributed by atoms with Gasteiger partial charge < -0.3 is 9.64 Å². The Morgan fingerprint density at radius 1 is 1.31 bits per heavy atom. The molecule has 0 aliphatic carbocycles. The fourth-order valence-corrected chi connectivity index (χ4v) is 3.34. The molecule has 2 heterocycles. The SMILES string of the molecule is CSC1(C#N)CCN(C2CCOCC2)CC1. The number of thioether (sulfide) groups is 1. The van der Waals surface area contributed by atoms with E-state index in [-0.39, 0.29) is 4.75 Å². The molecule has 0 amide bonds. The van der Waals surface area contributed by atoms with Crippen molar-refractivity contribution in [2.75, 3.05) is 32.6 Å². The maximum atomic E-state index is 9.23. The summed E-state index contributed by atoms with van der Waals surface area (Å²) in [4.78, 5) is 2.56. The van der Waals surface area contributed by atoms with Crippen molar-refractivity contribution < 1.29 is 4.74 Å². The molecule has 4 heteroatoms. The van der Waals surface area contributed by atoms with E-state index in [0.29, 0.717) is 6.04 Å². The molecule has 0 radical (unpaired) electrons. The van der Waals surface area contributed by atoms with Gasteiger partial charge in [-0.05, 0) is 31.9 Å². The first kappa shape index (κ1) is 12.2. The molecular weight excluding hydrogens is 220 g/mol. The molecule has 90 valence electrons. The molecule has 0 bridgehead atoms. The van der Waals surface area contributed by atoms with Crippen LogP contribution in [-0.4, -0.2) is 48.2 Å². The Bertz CT molecular complexity index is 263. The number of nitrogens with zero attached hydrogens (tertiary/aromatic N) is 2. The summed E-state index contributed by atoms with van der Waals surface area (Å²) in [5, 5.41) is 9.23. The Morgan fingerprint density at radius 3 is 2.44 bits per heavy atom. The van der Waals surface area contributed by atoms with Crippen LogP contribution in [0, 0.1) is 11.3 Å². The van der Waals surface area contributed by atoms with Crippen molar-refractivity contribution in [3.8, 4) is 6.07 Å². The molecule has 0 aromatic heterocycles. The molecule has 2 fully saturated rings. The number of nitriles is 1. The quantitative estimate of drug-likeness (QED) is 0.738. The van der Waals surface area contributed by atoms with Crippen LogP contribution >= 0.6 is 11.8 Å². The van der Waals surface area contributed by atoms with Gasteiger partial charge in [0.1, 0.15) is 4.75 Å². The number of ether oxygens (including phenoxy) is 1. The summed E-state index contributed by atoms with van der Waals surface area (Å²) in [5.74, 6) is 0. The number of rotatable bonds is 2. The molecule has 2 aliphatic heterocycles. The Morgan fingerprint density at radius 2 is 1.94 bits per heavy atom. The van der Waals surface area contributed by atoms with Crippen molar-refractivity contribution in [2.45, 2.75) is 36.5 Å². The highest BCUT2D eigenvalue weighted by molar-refractivity contribution is 8.00. The molecular formula is C12H20N2OS. The van der Waals surface area contributed by atoms with Crippen LogP contribution in [0.1, 0.15) is 25.7 Å². The Labute approximate surface area is 102 Å². The van der Waals surface area contributed by atoms with Gasteiger partial charge in [0.2, 0.25) is 0 Å². The van der Waals surface area contributed by atoms with Crippen molar-refractivity contribution in [3.05, 3.63) is 0 Å². The van der Waals surface area contributed by atoms with E-state index in [4.69, 9.17) is 4.74 Å². The Hall–Kier alpha value is -0.240. The average molecular weight is 240 g/mol. The third-order valence-corrected chi connectivity index (χ3v) is 5.19. The summed E-state index contributed by atoms with van der Waals surface area (Å²) in [6, 6.07) is 3.20. The first-order valence-corrected chi connectivity index (χ1v) is 7.30. The van der Waals surface area contributed by atoms with Gasteiger partial charge in [-0.1, -0.05) is 0 Å². The first-order valence-electron chi connectivity index (χ1n) is 6.08. The minimum Gasteiger partial charge on any atom is -0.381 e. The van der Waals surface area contributed by atoms with Crippen LogP contribution in [0.4, 0.5) is 0 Å². The second kappa shape index (κ2) is 5.39. The molecule has 2 aliphatic rings. The Kier molecular flexibility index (Phi) is 4.12. The maximum Gasteiger partial charge on any atom is 0.104 e. The third-order valence-electron chi connectivity index (χ3n) is 3.91. The zero-order valence-corrected chi connectivity index (χ0v) is 10.8. The molecule has 2 saturated heterocycles. The van der Waals surface area contributed by atoms with E-state index >= 15 is 0 Å². The fraction of sp³-hybridized carbons (Fsp3) is 0.917. The highest BCUT2D eigenvalue weighted by atomic mass is 32.2. The van der Waals surface area contributed by atoms with Gasteiger partial charge in [0.15, 0.2) is 0 Å². The van der Waals surface area contributed by atoms with Crippen LogP contribution in [0.3, 0.4) is 0 Å². The molecule has 3 nitrogen and oxygen atoms in total. The van der Waals surface area contributed by atoms with Crippen molar-refractivity contribution in [1.82, 2.24) is 4.90 Å². The van der Waals surface area contributed by atoms with Gasteiger partial charge in [0, 0.05) is 32.3 Å². The van der Waals surface area contributed by atoms with Crippen LogP contribution in [0.15, 0.2) is 0 Å². The zero-order valence-electron chi connectivity index (χ0n) is 9.95. The maximum absolute atomic E-state index is 9.23. The van der Waals surface area contributed by atoms with E-state index in [1.54, 1.807) is 11.8 Å². The molecule has 0 unspecified atom stereocenters. The summed E-state index contributed by atoms with van der Waals surface area (Å²) >= 11 is 1.73. The van der Waals surface area contributed by atoms with E-state index in [9.17, 15) is 5.26 Å². The number of likely N-dealkylation sites (tertiary alicyclic amines) is 1. The first-order chi connectivity index (χ1) is 7.79. The Balaban J connectivity index is 1.87. The lowest BCUT2D eigenvalue weighted by atomic mass is 9.94. The molecule has 0 spiro atoms. The predicted octanol–water partition coefficient (Wildman–Crippen LogP) is 1.89. The second-order valence-corrected chi connectivity index (χ2v) is 5.88. The number of hydrogen-bond donors (Lipinski definition) is 0. The van der Waals surface area contributed by atoms with Crippen molar-refractivity contribution >= 4 is 11.8 Å². The van der Waals surface area contributed by atoms with Crippen LogP contribution in [0.2, 0.25) is 0 Å². The van der Waals surface area contributed by atoms with Gasteiger partial charge in [0.05, 0.1) is 6.07 Å². The minimum absolute atomic E-state index is 0.109. The van der Waals surface area contributed by atoms with Gasteiger partial charge in [-0.3, -0.25) is 0 Å². The second-order valence-electron chi connectivity index (χ2n) is 4.69. The fourth-order valence-electron chi connectivity index (χ4n) is 2.66. The zero-order chi connectivity index (χ0) is 11.4. The largest absolute Gasteiger partial charge is 0.381 e. The van der Waals surface area contributed by atoms with Gasteiger partial charge >= 0.3 is 0 Å². The number of hydrogen-bond acceptors (Lipinski definition) is 4. The standard InChI is InChI=1S/C12H20N2OS/c1-16-12(10-13)4-6-14(7-5-12)11-2-8-15-9-3-11/h11H,2-9H2,1H3. The van der Waals surface area contributed by atoms with Gasteiger partial charge in [0.25, 0.3) is 0 Å². The predicted molar refractivity (Wildman–Crippen MR) is 66.5 cm³/mol. The summed E-state index contributed by atoms with van der Waals surface area (Å²) < 4.78 is 5.28. The molecule has 0 N–H and O–H groups in total. The van der Waals surface area contributed by atoms with E-state index in [0.717, 1.165) is 39.1 Å². The molecule has 0 saturated carbocycles. The van der Waals surface area contributed by atoms with Crippen LogP contribution in [0.5, 0.6) is 0 Å². The highest BCUT2D eigenvalue weighted by Gasteiger charge is 2.36. The normalized spacial score (nSPS) is 27.5. The van der Waals surface area contributed by atoms with Gasteiger partial charge in [-0.2, -0.15) is 5.26 Å². The van der Waals surface area contributed by atoms with Crippen molar-refractivity contribution in [1.29, 1.82) is 5.26 Å². The summed E-state index contributed by atoms with van der Waals surface area (Å²) in [5.41, 5.74) is 0. The molecule has 2 rings (SSSR count). The molecule has 0 aromatic rings. The summed E-state index contributed by atoms with van der Waals surface area (Å²) in [6.07, 6.45) is 6.43. The lowest BCUT2D eigenvalue weighted by Gasteiger charge is -2.41.